The van der Waals surface area contributed by atoms with Gasteiger partial charge in [0, 0.05) is 7.11 Å². The largest absolute Gasteiger partial charge is 0.382 e. The second-order valence-electron chi connectivity index (χ2n) is 2.70. The summed E-state index contributed by atoms with van der Waals surface area (Å²) in [6.45, 7) is 0.776. The zero-order chi connectivity index (χ0) is 10.8. The summed E-state index contributed by atoms with van der Waals surface area (Å²) in [5.74, 6) is 0.585. The van der Waals surface area contributed by atoms with Crippen molar-refractivity contribution in [3.63, 3.8) is 0 Å². The van der Waals surface area contributed by atoms with Gasteiger partial charge in [0.05, 0.1) is 19.3 Å². The minimum atomic E-state index is -0.495. The highest BCUT2D eigenvalue weighted by Gasteiger charge is 2.12. The van der Waals surface area contributed by atoms with Crippen LogP contribution in [0.2, 0.25) is 0 Å². The molecular formula is C8H18N2O3S. The van der Waals surface area contributed by atoms with Crippen molar-refractivity contribution < 1.29 is 14.4 Å². The van der Waals surface area contributed by atoms with Crippen LogP contribution < -0.4 is 11.2 Å². The Bertz CT molecular complexity index is 158. The SMILES string of the molecule is COCCONC(=O)[C@@H](N)CCSC. The maximum absolute atomic E-state index is 11.2. The van der Waals surface area contributed by atoms with E-state index in [4.69, 9.17) is 15.3 Å². The maximum atomic E-state index is 11.2. The van der Waals surface area contributed by atoms with E-state index in [2.05, 4.69) is 5.48 Å². The molecule has 0 aliphatic rings. The summed E-state index contributed by atoms with van der Waals surface area (Å²) >= 11 is 1.66. The Labute approximate surface area is 88.6 Å². The lowest BCUT2D eigenvalue weighted by molar-refractivity contribution is -0.135. The third-order valence-corrected chi connectivity index (χ3v) is 2.18. The Morgan fingerprint density at radius 3 is 2.86 bits per heavy atom. The number of nitrogens with two attached hydrogens (primary N) is 1. The van der Waals surface area contributed by atoms with E-state index in [1.165, 1.54) is 0 Å². The van der Waals surface area contributed by atoms with E-state index in [-0.39, 0.29) is 5.91 Å². The Morgan fingerprint density at radius 2 is 2.29 bits per heavy atom. The number of hydrogen-bond donors (Lipinski definition) is 2. The minimum Gasteiger partial charge on any atom is -0.382 e. The second-order valence-corrected chi connectivity index (χ2v) is 3.68. The number of ether oxygens (including phenoxy) is 1. The molecule has 0 bridgehead atoms. The fraction of sp³-hybridized carbons (Fsp3) is 0.875. The van der Waals surface area contributed by atoms with Gasteiger partial charge in [0.25, 0.3) is 5.91 Å². The molecule has 1 atom stereocenters. The van der Waals surface area contributed by atoms with Crippen LogP contribution >= 0.6 is 11.8 Å². The molecule has 6 heteroatoms. The molecule has 0 radical (unpaired) electrons. The van der Waals surface area contributed by atoms with Gasteiger partial charge in [-0.2, -0.15) is 11.8 Å². The first-order valence-electron chi connectivity index (χ1n) is 4.37. The number of hydroxylamine groups is 1. The number of nitrogens with one attached hydrogen (secondary N) is 1. The van der Waals surface area contributed by atoms with Gasteiger partial charge in [-0.1, -0.05) is 0 Å². The lowest BCUT2D eigenvalue weighted by Crippen LogP contribution is -2.41. The number of carbonyl (C=O) groups is 1. The van der Waals surface area contributed by atoms with Crippen LogP contribution in [0.4, 0.5) is 0 Å². The van der Waals surface area contributed by atoms with E-state index in [0.29, 0.717) is 19.6 Å². The zero-order valence-corrected chi connectivity index (χ0v) is 9.43. The van der Waals surface area contributed by atoms with E-state index in [0.717, 1.165) is 5.75 Å². The van der Waals surface area contributed by atoms with Crippen LogP contribution in [-0.4, -0.2) is 44.3 Å². The lowest BCUT2D eigenvalue weighted by Gasteiger charge is -2.10. The number of rotatable bonds is 8. The molecular weight excluding hydrogens is 204 g/mol. The molecule has 0 saturated heterocycles. The van der Waals surface area contributed by atoms with E-state index < -0.39 is 6.04 Å². The van der Waals surface area contributed by atoms with E-state index >= 15 is 0 Å². The Hall–Kier alpha value is -0.300. The molecule has 5 nitrogen and oxygen atoms in total. The third-order valence-electron chi connectivity index (χ3n) is 1.53. The van der Waals surface area contributed by atoms with Gasteiger partial charge in [0.1, 0.15) is 0 Å². The van der Waals surface area contributed by atoms with Gasteiger partial charge in [-0.25, -0.2) is 5.48 Å². The van der Waals surface area contributed by atoms with Crippen molar-refractivity contribution in [2.24, 2.45) is 5.73 Å². The molecule has 1 amide bonds. The highest BCUT2D eigenvalue weighted by Crippen LogP contribution is 1.98. The Morgan fingerprint density at radius 1 is 1.57 bits per heavy atom. The highest BCUT2D eigenvalue weighted by atomic mass is 32.2. The summed E-state index contributed by atoms with van der Waals surface area (Å²) in [6, 6.07) is -0.495. The molecule has 14 heavy (non-hydrogen) atoms. The van der Waals surface area contributed by atoms with Crippen molar-refractivity contribution in [2.75, 3.05) is 32.3 Å². The fourth-order valence-corrected chi connectivity index (χ4v) is 1.19. The van der Waals surface area contributed by atoms with Gasteiger partial charge in [-0.15, -0.1) is 0 Å². The number of hydrogen-bond acceptors (Lipinski definition) is 5. The molecule has 0 saturated carbocycles. The van der Waals surface area contributed by atoms with Crippen molar-refractivity contribution in [2.45, 2.75) is 12.5 Å². The van der Waals surface area contributed by atoms with Gasteiger partial charge in [0.15, 0.2) is 0 Å². The molecule has 3 N–H and O–H groups in total. The van der Waals surface area contributed by atoms with Crippen LogP contribution in [0.5, 0.6) is 0 Å². The van der Waals surface area contributed by atoms with Crippen LogP contribution in [-0.2, 0) is 14.4 Å². The lowest BCUT2D eigenvalue weighted by atomic mass is 10.2. The quantitative estimate of drug-likeness (QED) is 0.438. The van der Waals surface area contributed by atoms with E-state index in [1.807, 2.05) is 6.26 Å². The molecule has 0 unspecified atom stereocenters. The zero-order valence-electron chi connectivity index (χ0n) is 8.62. The first-order valence-corrected chi connectivity index (χ1v) is 5.76. The molecule has 0 aromatic heterocycles. The van der Waals surface area contributed by atoms with E-state index in [9.17, 15) is 4.79 Å². The number of carbonyl (C=O) groups excluding carboxylic acids is 1. The highest BCUT2D eigenvalue weighted by molar-refractivity contribution is 7.98. The smallest absolute Gasteiger partial charge is 0.260 e. The number of thioether (sulfide) groups is 1. The predicted molar refractivity (Wildman–Crippen MR) is 56.9 cm³/mol. The predicted octanol–water partition coefficient (Wildman–Crippen LogP) is -0.239. The molecule has 0 aliphatic carbocycles. The third kappa shape index (κ3) is 7.14. The molecule has 0 aliphatic heterocycles. The molecule has 0 heterocycles. The summed E-state index contributed by atoms with van der Waals surface area (Å²) in [4.78, 5) is 16.0. The summed E-state index contributed by atoms with van der Waals surface area (Å²) in [5.41, 5.74) is 7.85. The molecule has 0 aromatic rings. The summed E-state index contributed by atoms with van der Waals surface area (Å²) in [5, 5.41) is 0. The van der Waals surface area contributed by atoms with E-state index in [1.54, 1.807) is 18.9 Å². The van der Waals surface area contributed by atoms with Crippen LogP contribution in [0.3, 0.4) is 0 Å². The van der Waals surface area contributed by atoms with Gasteiger partial charge in [-0.05, 0) is 18.4 Å². The molecule has 0 aromatic carbocycles. The van der Waals surface area contributed by atoms with Crippen molar-refractivity contribution in [3.8, 4) is 0 Å². The van der Waals surface area contributed by atoms with Crippen molar-refractivity contribution in [3.05, 3.63) is 0 Å². The summed E-state index contributed by atoms with van der Waals surface area (Å²) in [6.07, 6.45) is 2.63. The molecule has 0 rings (SSSR count). The first kappa shape index (κ1) is 13.7. The van der Waals surface area contributed by atoms with Crippen molar-refractivity contribution in [1.29, 1.82) is 0 Å². The average molecular weight is 222 g/mol. The van der Waals surface area contributed by atoms with Gasteiger partial charge in [-0.3, -0.25) is 9.63 Å². The van der Waals surface area contributed by atoms with Gasteiger partial charge in [0.2, 0.25) is 0 Å². The molecule has 0 fully saturated rings. The Kier molecular flexibility index (Phi) is 9.06. The van der Waals surface area contributed by atoms with Crippen LogP contribution in [0, 0.1) is 0 Å². The van der Waals surface area contributed by atoms with Crippen LogP contribution in [0.1, 0.15) is 6.42 Å². The topological polar surface area (TPSA) is 73.6 Å². The number of methoxy groups -OCH3 is 1. The fourth-order valence-electron chi connectivity index (χ4n) is 0.699. The van der Waals surface area contributed by atoms with Crippen molar-refractivity contribution >= 4 is 17.7 Å². The van der Waals surface area contributed by atoms with Gasteiger partial charge >= 0.3 is 0 Å². The molecule has 0 spiro atoms. The standard InChI is InChI=1S/C8H18N2O3S/c1-12-4-5-13-10-8(11)7(9)3-6-14-2/h7H,3-6,9H2,1-2H3,(H,10,11)/t7-/m0/s1. The van der Waals surface area contributed by atoms with Crippen LogP contribution in [0.15, 0.2) is 0 Å². The normalized spacial score (nSPS) is 12.5. The van der Waals surface area contributed by atoms with Crippen molar-refractivity contribution in [1.82, 2.24) is 5.48 Å². The summed E-state index contributed by atoms with van der Waals surface area (Å²) in [7, 11) is 1.56. The summed E-state index contributed by atoms with van der Waals surface area (Å²) < 4.78 is 4.74. The number of amides is 1. The first-order chi connectivity index (χ1) is 6.72. The molecule has 84 valence electrons. The van der Waals surface area contributed by atoms with Gasteiger partial charge < -0.3 is 10.5 Å². The Balaban J connectivity index is 3.42. The minimum absolute atomic E-state index is 0.282. The maximum Gasteiger partial charge on any atom is 0.260 e. The second kappa shape index (κ2) is 9.26. The monoisotopic (exact) mass is 222 g/mol. The van der Waals surface area contributed by atoms with Crippen LogP contribution in [0.25, 0.3) is 0 Å². The average Bonchev–Trinajstić information content (AvgIpc) is 2.20.